The third-order valence-electron chi connectivity index (χ3n) is 2.57. The quantitative estimate of drug-likeness (QED) is 0.935. The molecule has 0 aliphatic heterocycles. The number of hydrogen-bond acceptors (Lipinski definition) is 3. The summed E-state index contributed by atoms with van der Waals surface area (Å²) < 4.78 is 2.73. The summed E-state index contributed by atoms with van der Waals surface area (Å²) in [7, 11) is 1.92. The minimum absolute atomic E-state index is 0.535. The van der Waals surface area contributed by atoms with Gasteiger partial charge < -0.3 is 10.3 Å². The molecular formula is C11H13BrN4. The number of aromatic nitrogens is 3. The van der Waals surface area contributed by atoms with Crippen LogP contribution in [-0.2, 0) is 19.9 Å². The predicted octanol–water partition coefficient (Wildman–Crippen LogP) is 1.94. The summed E-state index contributed by atoms with van der Waals surface area (Å²) in [6, 6.07) is 4.02. The average Bonchev–Trinajstić information content (AvgIpc) is 2.53. The lowest BCUT2D eigenvalue weighted by Crippen LogP contribution is -2.03. The molecule has 0 spiro atoms. The smallest absolute Gasteiger partial charge is 0.201 e. The third-order valence-corrected chi connectivity index (χ3v) is 3.21. The number of imidazole rings is 1. The molecule has 0 saturated carbocycles. The third kappa shape index (κ3) is 2.24. The second-order valence-corrected chi connectivity index (χ2v) is 4.38. The maximum Gasteiger partial charge on any atom is 0.201 e. The van der Waals surface area contributed by atoms with E-state index < -0.39 is 0 Å². The lowest BCUT2D eigenvalue weighted by atomic mass is 10.1. The van der Waals surface area contributed by atoms with E-state index in [0.717, 1.165) is 23.1 Å². The molecule has 2 N–H and O–H groups in total. The molecule has 2 heterocycles. The second kappa shape index (κ2) is 4.65. The van der Waals surface area contributed by atoms with Crippen LogP contribution in [0.15, 0.2) is 29.1 Å². The Balaban J connectivity index is 2.11. The molecule has 0 fully saturated rings. The highest BCUT2D eigenvalue weighted by atomic mass is 79.9. The maximum absolute atomic E-state index is 5.72. The van der Waals surface area contributed by atoms with Crippen molar-refractivity contribution in [3.05, 3.63) is 40.4 Å². The van der Waals surface area contributed by atoms with Gasteiger partial charge in [0.05, 0.1) is 5.69 Å². The fraction of sp³-hybridized carbons (Fsp3) is 0.273. The number of nitrogen functional groups attached to an aromatic ring is 1. The van der Waals surface area contributed by atoms with Crippen molar-refractivity contribution in [1.29, 1.82) is 0 Å². The molecule has 0 atom stereocenters. The Hall–Kier alpha value is -1.36. The van der Waals surface area contributed by atoms with Crippen LogP contribution in [0.1, 0.15) is 11.3 Å². The number of hydrogen-bond donors (Lipinski definition) is 1. The Morgan fingerprint density at radius 1 is 1.44 bits per heavy atom. The lowest BCUT2D eigenvalue weighted by molar-refractivity contribution is 0.802. The van der Waals surface area contributed by atoms with E-state index in [0.29, 0.717) is 5.95 Å². The normalized spacial score (nSPS) is 10.6. The van der Waals surface area contributed by atoms with Crippen molar-refractivity contribution in [2.75, 3.05) is 5.73 Å². The molecule has 2 aromatic heterocycles. The first-order valence-corrected chi connectivity index (χ1v) is 5.83. The van der Waals surface area contributed by atoms with Gasteiger partial charge in [0, 0.05) is 19.4 Å². The van der Waals surface area contributed by atoms with Crippen LogP contribution < -0.4 is 5.73 Å². The van der Waals surface area contributed by atoms with Crippen molar-refractivity contribution in [1.82, 2.24) is 14.5 Å². The molecule has 0 bridgehead atoms. The van der Waals surface area contributed by atoms with Gasteiger partial charge in [-0.15, -0.1) is 0 Å². The molecule has 0 saturated heterocycles. The fourth-order valence-corrected chi connectivity index (χ4v) is 2.24. The zero-order chi connectivity index (χ0) is 11.5. The van der Waals surface area contributed by atoms with Gasteiger partial charge in [-0.1, -0.05) is 6.07 Å². The van der Waals surface area contributed by atoms with Crippen LogP contribution in [0.5, 0.6) is 0 Å². The van der Waals surface area contributed by atoms with Crippen molar-refractivity contribution in [2.45, 2.75) is 12.8 Å². The molecule has 5 heteroatoms. The van der Waals surface area contributed by atoms with E-state index in [1.54, 1.807) is 6.20 Å². The Morgan fingerprint density at radius 3 is 2.81 bits per heavy atom. The summed E-state index contributed by atoms with van der Waals surface area (Å²) in [5.41, 5.74) is 8.05. The number of nitrogens with two attached hydrogens (primary N) is 1. The summed E-state index contributed by atoms with van der Waals surface area (Å²) in [4.78, 5) is 8.25. The molecule has 84 valence electrons. The van der Waals surface area contributed by atoms with Gasteiger partial charge in [-0.05, 0) is 40.4 Å². The first kappa shape index (κ1) is 11.1. The van der Waals surface area contributed by atoms with Gasteiger partial charge in [0.25, 0.3) is 0 Å². The lowest BCUT2D eigenvalue weighted by Gasteiger charge is -2.04. The number of halogens is 1. The molecule has 0 unspecified atom stereocenters. The van der Waals surface area contributed by atoms with Gasteiger partial charge in [0.2, 0.25) is 5.95 Å². The summed E-state index contributed by atoms with van der Waals surface area (Å²) in [6.07, 6.45) is 5.49. The molecule has 2 rings (SSSR count). The van der Waals surface area contributed by atoms with Crippen molar-refractivity contribution in [2.24, 2.45) is 7.05 Å². The highest BCUT2D eigenvalue weighted by molar-refractivity contribution is 9.10. The predicted molar refractivity (Wildman–Crippen MR) is 67.0 cm³/mol. The largest absolute Gasteiger partial charge is 0.369 e. The van der Waals surface area contributed by atoms with E-state index in [1.165, 1.54) is 5.56 Å². The molecule has 0 aliphatic rings. The molecule has 0 aromatic carbocycles. The van der Waals surface area contributed by atoms with Crippen LogP contribution in [-0.4, -0.2) is 14.5 Å². The molecule has 0 radical (unpaired) electrons. The standard InChI is InChI=1S/C11H13BrN4/c1-16-9(10(12)15-11(16)13)5-4-8-3-2-6-14-7-8/h2-3,6-7H,4-5H2,1H3,(H2,13,15). The monoisotopic (exact) mass is 280 g/mol. The summed E-state index contributed by atoms with van der Waals surface area (Å²) in [6.45, 7) is 0. The van der Waals surface area contributed by atoms with E-state index in [-0.39, 0.29) is 0 Å². The van der Waals surface area contributed by atoms with Crippen molar-refractivity contribution in [3.63, 3.8) is 0 Å². The van der Waals surface area contributed by atoms with Crippen LogP contribution in [0.25, 0.3) is 0 Å². The van der Waals surface area contributed by atoms with Crippen molar-refractivity contribution in [3.8, 4) is 0 Å². The van der Waals surface area contributed by atoms with Crippen molar-refractivity contribution >= 4 is 21.9 Å². The molecular weight excluding hydrogens is 268 g/mol. The SMILES string of the molecule is Cn1c(N)nc(Br)c1CCc1cccnc1. The summed E-state index contributed by atoms with van der Waals surface area (Å²) in [5.74, 6) is 0.535. The molecule has 4 nitrogen and oxygen atoms in total. The first-order valence-electron chi connectivity index (χ1n) is 5.04. The molecule has 2 aromatic rings. The summed E-state index contributed by atoms with van der Waals surface area (Å²) in [5, 5.41) is 0. The minimum Gasteiger partial charge on any atom is -0.369 e. The zero-order valence-corrected chi connectivity index (χ0v) is 10.6. The molecule has 0 amide bonds. The highest BCUT2D eigenvalue weighted by Crippen LogP contribution is 2.19. The van der Waals surface area contributed by atoms with Gasteiger partial charge in [-0.2, -0.15) is 0 Å². The highest BCUT2D eigenvalue weighted by Gasteiger charge is 2.09. The minimum atomic E-state index is 0.535. The number of aryl methyl sites for hydroxylation is 1. The van der Waals surface area contributed by atoms with Gasteiger partial charge in [0.15, 0.2) is 0 Å². The van der Waals surface area contributed by atoms with Gasteiger partial charge >= 0.3 is 0 Å². The van der Waals surface area contributed by atoms with Crippen LogP contribution in [0.3, 0.4) is 0 Å². The fourth-order valence-electron chi connectivity index (χ4n) is 1.60. The average molecular weight is 281 g/mol. The van der Waals surface area contributed by atoms with E-state index in [9.17, 15) is 0 Å². The van der Waals surface area contributed by atoms with E-state index >= 15 is 0 Å². The van der Waals surface area contributed by atoms with Crippen LogP contribution in [0.2, 0.25) is 0 Å². The zero-order valence-electron chi connectivity index (χ0n) is 9.02. The Labute approximate surface area is 103 Å². The first-order chi connectivity index (χ1) is 7.68. The van der Waals surface area contributed by atoms with Crippen LogP contribution >= 0.6 is 15.9 Å². The summed E-state index contributed by atoms with van der Waals surface area (Å²) >= 11 is 3.41. The van der Waals surface area contributed by atoms with E-state index in [2.05, 4.69) is 32.0 Å². The Kier molecular flexibility index (Phi) is 3.24. The molecule has 16 heavy (non-hydrogen) atoms. The van der Waals surface area contributed by atoms with Gasteiger partial charge in [0.1, 0.15) is 4.60 Å². The van der Waals surface area contributed by atoms with Crippen LogP contribution in [0.4, 0.5) is 5.95 Å². The number of rotatable bonds is 3. The maximum atomic E-state index is 5.72. The second-order valence-electron chi connectivity index (χ2n) is 3.63. The van der Waals surface area contributed by atoms with Crippen molar-refractivity contribution < 1.29 is 0 Å². The number of pyridine rings is 1. The molecule has 0 aliphatic carbocycles. The number of nitrogens with zero attached hydrogens (tertiary/aromatic N) is 3. The van der Waals surface area contributed by atoms with E-state index in [4.69, 9.17) is 5.73 Å². The Bertz CT molecular complexity index is 478. The van der Waals surface area contributed by atoms with Crippen LogP contribution in [0, 0.1) is 0 Å². The van der Waals surface area contributed by atoms with Gasteiger partial charge in [-0.3, -0.25) is 4.98 Å². The van der Waals surface area contributed by atoms with E-state index in [1.807, 2.05) is 23.9 Å². The Morgan fingerprint density at radius 2 is 2.25 bits per heavy atom. The number of anilines is 1. The van der Waals surface area contributed by atoms with Gasteiger partial charge in [-0.25, -0.2) is 4.98 Å². The topological polar surface area (TPSA) is 56.7 Å².